The molecular weight excluding hydrogens is 340 g/mol. The number of carbonyl (C=O) groups excluding carboxylic acids is 1. The van der Waals surface area contributed by atoms with Crippen molar-refractivity contribution < 1.29 is 17.9 Å². The maximum atomic E-state index is 12.0. The molecule has 0 heterocycles. The highest BCUT2D eigenvalue weighted by Gasteiger charge is 2.13. The minimum Gasteiger partial charge on any atom is -0.380 e. The number of ether oxygens (including phenoxy) is 1. The number of methoxy groups -OCH3 is 1. The Labute approximate surface area is 144 Å². The lowest BCUT2D eigenvalue weighted by Gasteiger charge is -2.12. The van der Waals surface area contributed by atoms with Crippen LogP contribution < -0.4 is 11.1 Å². The minimum absolute atomic E-state index is 0. The van der Waals surface area contributed by atoms with E-state index in [9.17, 15) is 13.2 Å². The number of hydrogen-bond donors (Lipinski definition) is 2. The highest BCUT2D eigenvalue weighted by Crippen LogP contribution is 2.07. The second-order valence-corrected chi connectivity index (χ2v) is 7.26. The van der Waals surface area contributed by atoms with Crippen molar-refractivity contribution in [2.45, 2.75) is 24.7 Å². The number of halogens is 1. The molecule has 1 atom stereocenters. The van der Waals surface area contributed by atoms with Crippen LogP contribution in [0.5, 0.6) is 0 Å². The number of nitrogens with one attached hydrogen (secondary N) is 1. The van der Waals surface area contributed by atoms with E-state index < -0.39 is 9.84 Å². The van der Waals surface area contributed by atoms with Crippen LogP contribution in [-0.4, -0.2) is 46.4 Å². The van der Waals surface area contributed by atoms with E-state index >= 15 is 0 Å². The number of rotatable bonds is 10. The number of sulfone groups is 1. The smallest absolute Gasteiger partial charge is 0.222 e. The Morgan fingerprint density at radius 2 is 1.96 bits per heavy atom. The van der Waals surface area contributed by atoms with E-state index in [1.165, 1.54) is 7.11 Å². The SMILES string of the molecule is COC(CN)CC(=O)NCCCS(=O)(=O)Cc1ccccc1.Cl. The van der Waals surface area contributed by atoms with Crippen LogP contribution in [-0.2, 0) is 25.1 Å². The summed E-state index contributed by atoms with van der Waals surface area (Å²) in [4.78, 5) is 11.6. The van der Waals surface area contributed by atoms with Crippen LogP contribution in [0, 0.1) is 0 Å². The highest BCUT2D eigenvalue weighted by molar-refractivity contribution is 7.90. The molecule has 23 heavy (non-hydrogen) atoms. The molecule has 0 saturated carbocycles. The van der Waals surface area contributed by atoms with Gasteiger partial charge in [-0.05, 0) is 12.0 Å². The summed E-state index contributed by atoms with van der Waals surface area (Å²) in [5, 5.41) is 2.68. The minimum atomic E-state index is -3.16. The number of nitrogens with two attached hydrogens (primary N) is 1. The van der Waals surface area contributed by atoms with Crippen molar-refractivity contribution in [2.24, 2.45) is 5.73 Å². The molecular formula is C15H25ClN2O4S. The Morgan fingerprint density at radius 3 is 2.52 bits per heavy atom. The van der Waals surface area contributed by atoms with Crippen LogP contribution in [0.15, 0.2) is 30.3 Å². The number of amides is 1. The van der Waals surface area contributed by atoms with Gasteiger partial charge in [0, 0.05) is 20.2 Å². The van der Waals surface area contributed by atoms with E-state index in [-0.39, 0.29) is 48.9 Å². The van der Waals surface area contributed by atoms with Crippen molar-refractivity contribution in [3.63, 3.8) is 0 Å². The molecule has 1 rings (SSSR count). The van der Waals surface area contributed by atoms with Crippen LogP contribution in [0.1, 0.15) is 18.4 Å². The van der Waals surface area contributed by atoms with Crippen molar-refractivity contribution in [1.29, 1.82) is 0 Å². The third kappa shape index (κ3) is 9.55. The van der Waals surface area contributed by atoms with E-state index in [4.69, 9.17) is 10.5 Å². The Morgan fingerprint density at radius 1 is 1.30 bits per heavy atom. The summed E-state index contributed by atoms with van der Waals surface area (Å²) in [6, 6.07) is 9.05. The van der Waals surface area contributed by atoms with Crippen molar-refractivity contribution in [1.82, 2.24) is 5.32 Å². The predicted octanol–water partition coefficient (Wildman–Crippen LogP) is 0.893. The number of hydrogen-bond acceptors (Lipinski definition) is 5. The number of carbonyl (C=O) groups is 1. The standard InChI is InChI=1S/C15H24N2O4S.ClH/c1-21-14(11-16)10-15(18)17-8-5-9-22(19,20)12-13-6-3-2-4-7-13;/h2-4,6-7,14H,5,8-12,16H2,1H3,(H,17,18);1H. The summed E-state index contributed by atoms with van der Waals surface area (Å²) in [7, 11) is -1.66. The lowest BCUT2D eigenvalue weighted by Crippen LogP contribution is -2.33. The first kappa shape index (κ1) is 21.9. The van der Waals surface area contributed by atoms with Crippen molar-refractivity contribution in [3.8, 4) is 0 Å². The lowest BCUT2D eigenvalue weighted by atomic mass is 10.2. The van der Waals surface area contributed by atoms with Gasteiger partial charge in [0.05, 0.1) is 24.0 Å². The molecule has 0 aromatic heterocycles. The summed E-state index contributed by atoms with van der Waals surface area (Å²) in [5.41, 5.74) is 6.21. The molecule has 1 amide bonds. The first-order chi connectivity index (χ1) is 10.5. The van der Waals surface area contributed by atoms with E-state index in [0.717, 1.165) is 5.56 Å². The zero-order valence-electron chi connectivity index (χ0n) is 13.2. The van der Waals surface area contributed by atoms with E-state index in [2.05, 4.69) is 5.32 Å². The van der Waals surface area contributed by atoms with Gasteiger partial charge in [0.25, 0.3) is 0 Å². The molecule has 0 fully saturated rings. The molecule has 0 saturated heterocycles. The summed E-state index contributed by atoms with van der Waals surface area (Å²) in [6.07, 6.45) is 0.270. The maximum Gasteiger partial charge on any atom is 0.222 e. The third-order valence-electron chi connectivity index (χ3n) is 3.19. The third-order valence-corrected chi connectivity index (χ3v) is 4.88. The van der Waals surface area contributed by atoms with Gasteiger partial charge in [-0.25, -0.2) is 8.42 Å². The van der Waals surface area contributed by atoms with Gasteiger partial charge in [0.1, 0.15) is 0 Å². The zero-order valence-corrected chi connectivity index (χ0v) is 14.9. The molecule has 1 aromatic rings. The molecule has 1 unspecified atom stereocenters. The average Bonchev–Trinajstić information content (AvgIpc) is 2.50. The maximum absolute atomic E-state index is 12.0. The van der Waals surface area contributed by atoms with Gasteiger partial charge in [0.2, 0.25) is 5.91 Å². The molecule has 0 aliphatic heterocycles. The van der Waals surface area contributed by atoms with Crippen molar-refractivity contribution >= 4 is 28.2 Å². The zero-order chi connectivity index (χ0) is 16.4. The van der Waals surface area contributed by atoms with Crippen LogP contribution in [0.25, 0.3) is 0 Å². The van der Waals surface area contributed by atoms with Gasteiger partial charge in [0.15, 0.2) is 9.84 Å². The van der Waals surface area contributed by atoms with Crippen LogP contribution >= 0.6 is 12.4 Å². The van der Waals surface area contributed by atoms with Crippen LogP contribution in [0.3, 0.4) is 0 Å². The van der Waals surface area contributed by atoms with Crippen molar-refractivity contribution in [2.75, 3.05) is 26.0 Å². The molecule has 3 N–H and O–H groups in total. The Hall–Kier alpha value is -1.15. The molecule has 0 aliphatic rings. The summed E-state index contributed by atoms with van der Waals surface area (Å²) in [6.45, 7) is 0.600. The molecule has 8 heteroatoms. The highest BCUT2D eigenvalue weighted by atomic mass is 35.5. The second kappa shape index (κ2) is 11.4. The molecule has 0 radical (unpaired) electrons. The quantitative estimate of drug-likeness (QED) is 0.601. The number of benzene rings is 1. The van der Waals surface area contributed by atoms with Gasteiger partial charge in [-0.15, -0.1) is 12.4 Å². The van der Waals surface area contributed by atoms with Crippen LogP contribution in [0.4, 0.5) is 0 Å². The topological polar surface area (TPSA) is 98.5 Å². The van der Waals surface area contributed by atoms with E-state index in [1.54, 1.807) is 12.1 Å². The van der Waals surface area contributed by atoms with E-state index in [0.29, 0.717) is 13.0 Å². The fourth-order valence-corrected chi connectivity index (χ4v) is 3.39. The summed E-state index contributed by atoms with van der Waals surface area (Å²) in [5.74, 6) is -0.106. The molecule has 0 spiro atoms. The largest absolute Gasteiger partial charge is 0.380 e. The van der Waals surface area contributed by atoms with E-state index in [1.807, 2.05) is 18.2 Å². The Bertz CT molecular complexity index is 548. The van der Waals surface area contributed by atoms with Crippen molar-refractivity contribution in [3.05, 3.63) is 35.9 Å². The molecule has 132 valence electrons. The van der Waals surface area contributed by atoms with Gasteiger partial charge < -0.3 is 15.8 Å². The molecule has 1 aromatic carbocycles. The lowest BCUT2D eigenvalue weighted by molar-refractivity contribution is -0.123. The molecule has 0 aliphatic carbocycles. The summed E-state index contributed by atoms with van der Waals surface area (Å²) < 4.78 is 28.9. The van der Waals surface area contributed by atoms with Gasteiger partial charge in [-0.3, -0.25) is 4.79 Å². The fourth-order valence-electron chi connectivity index (χ4n) is 1.96. The predicted molar refractivity (Wildman–Crippen MR) is 93.3 cm³/mol. The monoisotopic (exact) mass is 364 g/mol. The van der Waals surface area contributed by atoms with Gasteiger partial charge in [-0.1, -0.05) is 30.3 Å². The fraction of sp³-hybridized carbons (Fsp3) is 0.533. The average molecular weight is 365 g/mol. The van der Waals surface area contributed by atoms with Gasteiger partial charge >= 0.3 is 0 Å². The Kier molecular flexibility index (Phi) is 10.8. The molecule has 6 nitrogen and oxygen atoms in total. The normalized spacial score (nSPS) is 12.3. The van der Waals surface area contributed by atoms with Crippen LogP contribution in [0.2, 0.25) is 0 Å². The Balaban J connectivity index is 0.00000484. The molecule has 0 bridgehead atoms. The van der Waals surface area contributed by atoms with Gasteiger partial charge in [-0.2, -0.15) is 0 Å². The second-order valence-electron chi connectivity index (χ2n) is 5.08. The first-order valence-corrected chi connectivity index (χ1v) is 9.03. The first-order valence-electron chi connectivity index (χ1n) is 7.20. The summed E-state index contributed by atoms with van der Waals surface area (Å²) >= 11 is 0.